The Morgan fingerprint density at radius 2 is 0.575 bits per heavy atom. The number of nitrogens with zero attached hydrogens (tertiary/aromatic N) is 12. The maximum Gasteiger partial charge on any atom is 0.0995 e. The van der Waals surface area contributed by atoms with E-state index in [9.17, 15) is 0 Å². The zero-order valence-electron chi connectivity index (χ0n) is 41.1. The van der Waals surface area contributed by atoms with Gasteiger partial charge in [0.2, 0.25) is 0 Å². The number of nitriles is 12. The van der Waals surface area contributed by atoms with Gasteiger partial charge in [-0.3, -0.25) is 0 Å². The van der Waals surface area contributed by atoms with Gasteiger partial charge in [-0.1, -0.05) is 60.2 Å². The van der Waals surface area contributed by atoms with Gasteiger partial charge >= 0.3 is 0 Å². The lowest BCUT2D eigenvalue weighted by Gasteiger charge is -1.99. The normalized spacial score (nSPS) is 8.32. The van der Waals surface area contributed by atoms with Crippen LogP contribution in [0.15, 0.2) is 140 Å². The van der Waals surface area contributed by atoms with Crippen molar-refractivity contribution < 1.29 is 0 Å². The molecular weight excluding hydrogens is 901 g/mol. The molecule has 0 saturated carbocycles. The van der Waals surface area contributed by atoms with Crippen LogP contribution in [0, 0.1) is 184 Å². The molecule has 348 valence electrons. The van der Waals surface area contributed by atoms with Gasteiger partial charge in [0, 0.05) is 0 Å². The third-order valence-corrected chi connectivity index (χ3v) is 9.77. The van der Waals surface area contributed by atoms with E-state index in [1.807, 2.05) is 156 Å². The van der Waals surface area contributed by atoms with Gasteiger partial charge in [-0.15, -0.1) is 0 Å². The molecule has 0 spiro atoms. The van der Waals surface area contributed by atoms with Crippen LogP contribution in [0.4, 0.5) is 0 Å². The van der Waals surface area contributed by atoms with Crippen molar-refractivity contribution in [2.45, 2.75) is 48.5 Å². The quantitative estimate of drug-likeness (QED) is 0.137. The molecule has 12 heteroatoms. The maximum atomic E-state index is 8.69. The average molecular weight is 945 g/mol. The molecule has 0 N–H and O–H groups in total. The van der Waals surface area contributed by atoms with Crippen LogP contribution in [0.5, 0.6) is 0 Å². The number of benzene rings is 7. The molecule has 0 amide bonds. The predicted octanol–water partition coefficient (Wildman–Crippen LogP) is 12.4. The van der Waals surface area contributed by atoms with E-state index in [0.29, 0.717) is 55.6 Å². The second kappa shape index (κ2) is 33.0. The third-order valence-electron chi connectivity index (χ3n) is 9.77. The van der Waals surface area contributed by atoms with Crippen molar-refractivity contribution >= 4 is 0 Å². The van der Waals surface area contributed by atoms with Crippen LogP contribution in [-0.4, -0.2) is 0 Å². The van der Waals surface area contributed by atoms with Crippen LogP contribution in [0.25, 0.3) is 0 Å². The maximum absolute atomic E-state index is 8.69. The molecule has 0 aliphatic rings. The molecule has 0 unspecified atom stereocenters. The number of rotatable bonds is 0. The third kappa shape index (κ3) is 21.3. The van der Waals surface area contributed by atoms with E-state index in [2.05, 4.69) is 18.2 Å². The first-order valence-electron chi connectivity index (χ1n) is 21.5. The highest BCUT2D eigenvalue weighted by molar-refractivity contribution is 5.53. The van der Waals surface area contributed by atoms with Gasteiger partial charge in [-0.25, -0.2) is 0 Å². The van der Waals surface area contributed by atoms with Gasteiger partial charge in [0.25, 0.3) is 0 Å². The highest BCUT2D eigenvalue weighted by Crippen LogP contribution is 2.15. The first-order chi connectivity index (χ1) is 35.0. The van der Waals surface area contributed by atoms with Crippen molar-refractivity contribution in [2.24, 2.45) is 0 Å². The van der Waals surface area contributed by atoms with Crippen LogP contribution in [0.2, 0.25) is 0 Å². The summed E-state index contributed by atoms with van der Waals surface area (Å²) in [5.41, 5.74) is 13.3. The second-order valence-electron chi connectivity index (χ2n) is 15.2. The number of hydrogen-bond donors (Lipinski definition) is 0. The molecule has 0 atom stereocenters. The topological polar surface area (TPSA) is 285 Å². The predicted molar refractivity (Wildman–Crippen MR) is 275 cm³/mol. The highest BCUT2D eigenvalue weighted by Gasteiger charge is 2.06. The van der Waals surface area contributed by atoms with Gasteiger partial charge in [-0.05, 0) is 167 Å². The Hall–Kier alpha value is -11.6. The summed E-state index contributed by atoms with van der Waals surface area (Å²) in [6.07, 6.45) is 0. The van der Waals surface area contributed by atoms with Gasteiger partial charge < -0.3 is 0 Å². The summed E-state index contributed by atoms with van der Waals surface area (Å²) in [6.45, 7) is 13.1. The SMILES string of the molecule is Cc1c(C#N)cc(C#N)cc1C#N.Cc1c(C#N)cccc1C#N.Cc1cc(C#N)cc(C#N)c1.Cc1ccc(C#N)cc1.Cc1ccc(C#N)cc1C#N.Cc1cccc(C#N)c1.Cc1ccccc1C#N. The van der Waals surface area contributed by atoms with E-state index in [0.717, 1.165) is 44.5 Å². The van der Waals surface area contributed by atoms with Crippen molar-refractivity contribution in [3.63, 3.8) is 0 Å². The summed E-state index contributed by atoms with van der Waals surface area (Å²) in [6, 6.07) is 64.8. The molecule has 0 heterocycles. The van der Waals surface area contributed by atoms with Crippen LogP contribution >= 0.6 is 0 Å². The van der Waals surface area contributed by atoms with Gasteiger partial charge in [0.05, 0.1) is 140 Å². The lowest BCUT2D eigenvalue weighted by molar-refractivity contribution is 1.33. The van der Waals surface area contributed by atoms with Crippen LogP contribution in [0.1, 0.15) is 106 Å². The van der Waals surface area contributed by atoms with E-state index >= 15 is 0 Å². The average Bonchev–Trinajstić information content (AvgIpc) is 3.42. The highest BCUT2D eigenvalue weighted by atomic mass is 14.3. The molecule has 0 fully saturated rings. The first kappa shape index (κ1) is 59.4. The Morgan fingerprint density at radius 1 is 0.219 bits per heavy atom. The lowest BCUT2D eigenvalue weighted by atomic mass is 10.0. The molecule has 12 nitrogen and oxygen atoms in total. The standard InChI is InChI=1S/C10H5N3.3C9H6N2.3C8H7N/c1-7-9(5-12)2-8(4-11)3-10(7)6-13;1-7-2-8(5-10)4-9(3-7)6-11;1-7-2-3-8(5-10)4-9(7)6-11;1-7-8(5-10)3-2-4-9(7)6-11;1-7-2-4-8(6-9)5-3-7;1-7-3-2-4-8(5-7)6-9;1-7-4-2-3-5-8(7)6-9/h2-3H,1H3;3*2-4H,1H3;3*2-5H,1H3. The molecule has 0 aromatic heterocycles. The van der Waals surface area contributed by atoms with Gasteiger partial charge in [0.1, 0.15) is 0 Å². The molecule has 0 saturated heterocycles. The minimum Gasteiger partial charge on any atom is -0.192 e. The monoisotopic (exact) mass is 944 g/mol. The van der Waals surface area contributed by atoms with Crippen molar-refractivity contribution in [1.29, 1.82) is 63.1 Å². The minimum atomic E-state index is 0.346. The molecule has 7 rings (SSSR count). The molecule has 73 heavy (non-hydrogen) atoms. The summed E-state index contributed by atoms with van der Waals surface area (Å²) in [7, 11) is 0. The summed E-state index contributed by atoms with van der Waals surface area (Å²) >= 11 is 0. The molecule has 7 aromatic carbocycles. The molecule has 0 bridgehead atoms. The van der Waals surface area contributed by atoms with Crippen LogP contribution < -0.4 is 0 Å². The van der Waals surface area contributed by atoms with Crippen molar-refractivity contribution in [1.82, 2.24) is 0 Å². The molecule has 0 aliphatic heterocycles. The van der Waals surface area contributed by atoms with Gasteiger partial charge in [0.15, 0.2) is 0 Å². The fourth-order valence-electron chi connectivity index (χ4n) is 5.65. The Kier molecular flexibility index (Phi) is 26.9. The van der Waals surface area contributed by atoms with E-state index in [-0.39, 0.29) is 0 Å². The van der Waals surface area contributed by atoms with Crippen molar-refractivity contribution in [2.75, 3.05) is 0 Å². The zero-order valence-corrected chi connectivity index (χ0v) is 41.1. The Labute approximate surface area is 427 Å². The van der Waals surface area contributed by atoms with Crippen molar-refractivity contribution in [3.05, 3.63) is 245 Å². The molecular formula is C61H44N12. The number of hydrogen-bond acceptors (Lipinski definition) is 12. The number of aryl methyl sites for hydroxylation is 5. The van der Waals surface area contributed by atoms with E-state index in [4.69, 9.17) is 63.1 Å². The van der Waals surface area contributed by atoms with E-state index < -0.39 is 0 Å². The largest absolute Gasteiger partial charge is 0.192 e. The van der Waals surface area contributed by atoms with E-state index in [1.54, 1.807) is 74.5 Å². The molecule has 0 radical (unpaired) electrons. The Morgan fingerprint density at radius 3 is 0.986 bits per heavy atom. The smallest absolute Gasteiger partial charge is 0.0995 e. The first-order valence-corrected chi connectivity index (χ1v) is 21.5. The van der Waals surface area contributed by atoms with Gasteiger partial charge in [-0.2, -0.15) is 63.1 Å². The summed E-state index contributed by atoms with van der Waals surface area (Å²) < 4.78 is 0. The van der Waals surface area contributed by atoms with Crippen LogP contribution in [0.3, 0.4) is 0 Å². The molecule has 0 aliphatic carbocycles. The van der Waals surface area contributed by atoms with E-state index in [1.165, 1.54) is 17.7 Å². The summed E-state index contributed by atoms with van der Waals surface area (Å²) in [5.74, 6) is 0. The summed E-state index contributed by atoms with van der Waals surface area (Å²) in [4.78, 5) is 0. The summed E-state index contributed by atoms with van der Waals surface area (Å²) in [5, 5.41) is 103. The zero-order chi connectivity index (χ0) is 54.7. The Balaban J connectivity index is 0.000000427. The fourth-order valence-corrected chi connectivity index (χ4v) is 5.65. The fraction of sp³-hybridized carbons (Fsp3) is 0.115. The minimum absolute atomic E-state index is 0.346. The molecule has 7 aromatic rings. The lowest BCUT2D eigenvalue weighted by Crippen LogP contribution is -1.90. The Bertz CT molecular complexity index is 3460. The van der Waals surface area contributed by atoms with Crippen molar-refractivity contribution in [3.8, 4) is 72.8 Å². The second-order valence-corrected chi connectivity index (χ2v) is 15.2. The van der Waals surface area contributed by atoms with Crippen LogP contribution in [-0.2, 0) is 0 Å².